The number of methoxy groups -OCH3 is 1. The maximum Gasteiger partial charge on any atom is 0.147 e. The minimum Gasteiger partial charge on any atom is -0.508 e. The topological polar surface area (TPSA) is 38.7 Å². The lowest BCUT2D eigenvalue weighted by Gasteiger charge is -2.21. The third kappa shape index (κ3) is 3.18. The summed E-state index contributed by atoms with van der Waals surface area (Å²) in [7, 11) is 1.59. The predicted octanol–water partition coefficient (Wildman–Crippen LogP) is 3.72. The second-order valence-electron chi connectivity index (χ2n) is 4.88. The van der Waals surface area contributed by atoms with Crippen LogP contribution in [0.5, 0.6) is 5.75 Å². The van der Waals surface area contributed by atoms with Crippen LogP contribution in [0.1, 0.15) is 28.4 Å². The van der Waals surface area contributed by atoms with Gasteiger partial charge in [-0.1, -0.05) is 36.4 Å². The molecule has 2 rings (SSSR count). The van der Waals surface area contributed by atoms with Crippen LogP contribution >= 0.6 is 0 Å². The molecule has 0 aliphatic heterocycles. The van der Waals surface area contributed by atoms with E-state index in [2.05, 4.69) is 0 Å². The Labute approximate surface area is 119 Å². The standard InChI is InChI=1S/C17H20O3/c1-12-9-13(2)16(15(18)10-12)17(20-11-19-3)14-7-5-4-6-8-14/h4-10,17-18H,11H2,1-3H3. The summed E-state index contributed by atoms with van der Waals surface area (Å²) >= 11 is 0. The highest BCUT2D eigenvalue weighted by Gasteiger charge is 2.20. The summed E-state index contributed by atoms with van der Waals surface area (Å²) in [6, 6.07) is 13.6. The fraction of sp³-hybridized carbons (Fsp3) is 0.294. The van der Waals surface area contributed by atoms with E-state index in [0.29, 0.717) is 0 Å². The Morgan fingerprint density at radius 3 is 2.40 bits per heavy atom. The van der Waals surface area contributed by atoms with E-state index in [1.165, 1.54) is 0 Å². The van der Waals surface area contributed by atoms with Gasteiger partial charge in [-0.15, -0.1) is 0 Å². The van der Waals surface area contributed by atoms with E-state index in [4.69, 9.17) is 9.47 Å². The van der Waals surface area contributed by atoms with Crippen molar-refractivity contribution in [2.45, 2.75) is 20.0 Å². The molecular weight excluding hydrogens is 252 g/mol. The number of phenols is 1. The fourth-order valence-corrected chi connectivity index (χ4v) is 2.41. The van der Waals surface area contributed by atoms with Crippen molar-refractivity contribution in [3.63, 3.8) is 0 Å². The molecule has 0 aromatic heterocycles. The normalized spacial score (nSPS) is 12.3. The van der Waals surface area contributed by atoms with Gasteiger partial charge in [0, 0.05) is 12.7 Å². The summed E-state index contributed by atoms with van der Waals surface area (Å²) in [5, 5.41) is 10.3. The lowest BCUT2D eigenvalue weighted by Crippen LogP contribution is -2.10. The van der Waals surface area contributed by atoms with Crippen molar-refractivity contribution in [3.05, 3.63) is 64.7 Å². The Kier molecular flexibility index (Phi) is 4.77. The van der Waals surface area contributed by atoms with Gasteiger partial charge in [0.25, 0.3) is 0 Å². The van der Waals surface area contributed by atoms with Crippen molar-refractivity contribution in [2.75, 3.05) is 13.9 Å². The van der Waals surface area contributed by atoms with Gasteiger partial charge in [-0.3, -0.25) is 0 Å². The minimum absolute atomic E-state index is 0.173. The molecular formula is C17H20O3. The number of phenolic OH excluding ortho intramolecular Hbond substituents is 1. The number of rotatable bonds is 5. The Balaban J connectivity index is 2.47. The molecule has 0 spiro atoms. The van der Waals surface area contributed by atoms with Crippen molar-refractivity contribution < 1.29 is 14.6 Å². The first kappa shape index (κ1) is 14.6. The fourth-order valence-electron chi connectivity index (χ4n) is 2.41. The van der Waals surface area contributed by atoms with Crippen LogP contribution in [-0.2, 0) is 9.47 Å². The second kappa shape index (κ2) is 6.55. The highest BCUT2D eigenvalue weighted by atomic mass is 16.7. The summed E-state index contributed by atoms with van der Waals surface area (Å²) < 4.78 is 10.8. The number of aromatic hydroxyl groups is 1. The molecule has 2 aromatic rings. The van der Waals surface area contributed by atoms with Gasteiger partial charge in [0.15, 0.2) is 0 Å². The number of aryl methyl sites for hydroxylation is 2. The molecule has 0 aliphatic rings. The monoisotopic (exact) mass is 272 g/mol. The molecule has 0 saturated heterocycles. The SMILES string of the molecule is COCOC(c1ccccc1)c1c(C)cc(C)cc1O. The molecule has 106 valence electrons. The quantitative estimate of drug-likeness (QED) is 0.843. The van der Waals surface area contributed by atoms with Crippen molar-refractivity contribution in [1.82, 2.24) is 0 Å². The minimum atomic E-state index is -0.336. The molecule has 1 unspecified atom stereocenters. The van der Waals surface area contributed by atoms with Crippen molar-refractivity contribution in [1.29, 1.82) is 0 Å². The maximum absolute atomic E-state index is 10.3. The summed E-state index contributed by atoms with van der Waals surface area (Å²) in [6.45, 7) is 4.12. The van der Waals surface area contributed by atoms with Gasteiger partial charge >= 0.3 is 0 Å². The van der Waals surface area contributed by atoms with Crippen LogP contribution in [0, 0.1) is 13.8 Å². The van der Waals surface area contributed by atoms with Crippen LogP contribution in [0.25, 0.3) is 0 Å². The van der Waals surface area contributed by atoms with Gasteiger partial charge in [-0.2, -0.15) is 0 Å². The van der Waals surface area contributed by atoms with Gasteiger partial charge in [-0.25, -0.2) is 0 Å². The van der Waals surface area contributed by atoms with Gasteiger partial charge in [-0.05, 0) is 36.6 Å². The van der Waals surface area contributed by atoms with E-state index in [0.717, 1.165) is 22.3 Å². The van der Waals surface area contributed by atoms with E-state index >= 15 is 0 Å². The van der Waals surface area contributed by atoms with Crippen molar-refractivity contribution in [2.24, 2.45) is 0 Å². The molecule has 3 nitrogen and oxygen atoms in total. The van der Waals surface area contributed by atoms with Crippen LogP contribution in [0.3, 0.4) is 0 Å². The Morgan fingerprint density at radius 1 is 1.10 bits per heavy atom. The molecule has 1 N–H and O–H groups in total. The third-order valence-electron chi connectivity index (χ3n) is 3.23. The number of hydrogen-bond donors (Lipinski definition) is 1. The summed E-state index contributed by atoms with van der Waals surface area (Å²) in [5.74, 6) is 0.257. The smallest absolute Gasteiger partial charge is 0.147 e. The number of ether oxygens (including phenoxy) is 2. The van der Waals surface area contributed by atoms with Crippen LogP contribution in [-0.4, -0.2) is 19.0 Å². The largest absolute Gasteiger partial charge is 0.508 e. The Morgan fingerprint density at radius 2 is 1.80 bits per heavy atom. The second-order valence-corrected chi connectivity index (χ2v) is 4.88. The molecule has 0 heterocycles. The Bertz CT molecular complexity index is 541. The van der Waals surface area contributed by atoms with Crippen LogP contribution in [0.15, 0.2) is 42.5 Å². The zero-order valence-corrected chi connectivity index (χ0v) is 12.1. The van der Waals surface area contributed by atoms with E-state index < -0.39 is 0 Å². The lowest BCUT2D eigenvalue weighted by molar-refractivity contribution is -0.0598. The zero-order chi connectivity index (χ0) is 14.5. The summed E-state index contributed by atoms with van der Waals surface area (Å²) in [5.41, 5.74) is 3.82. The highest BCUT2D eigenvalue weighted by Crippen LogP contribution is 2.35. The first-order chi connectivity index (χ1) is 9.63. The average Bonchev–Trinajstić information content (AvgIpc) is 2.42. The molecule has 0 saturated carbocycles. The van der Waals surface area contributed by atoms with E-state index in [1.807, 2.05) is 50.2 Å². The number of benzene rings is 2. The highest BCUT2D eigenvalue weighted by molar-refractivity contribution is 5.47. The van der Waals surface area contributed by atoms with Crippen LogP contribution in [0.2, 0.25) is 0 Å². The first-order valence-corrected chi connectivity index (χ1v) is 6.59. The van der Waals surface area contributed by atoms with Gasteiger partial charge in [0.2, 0.25) is 0 Å². The molecule has 2 aromatic carbocycles. The van der Waals surface area contributed by atoms with E-state index in [1.54, 1.807) is 13.2 Å². The van der Waals surface area contributed by atoms with Crippen LogP contribution < -0.4 is 0 Å². The van der Waals surface area contributed by atoms with E-state index in [-0.39, 0.29) is 18.6 Å². The third-order valence-corrected chi connectivity index (χ3v) is 3.23. The molecule has 0 fully saturated rings. The van der Waals surface area contributed by atoms with Gasteiger partial charge in [0.05, 0.1) is 0 Å². The molecule has 1 atom stereocenters. The van der Waals surface area contributed by atoms with Crippen molar-refractivity contribution >= 4 is 0 Å². The van der Waals surface area contributed by atoms with E-state index in [9.17, 15) is 5.11 Å². The Hall–Kier alpha value is -1.84. The van der Waals surface area contributed by atoms with Gasteiger partial charge < -0.3 is 14.6 Å². The van der Waals surface area contributed by atoms with Crippen LogP contribution in [0.4, 0.5) is 0 Å². The molecule has 3 heteroatoms. The van der Waals surface area contributed by atoms with Gasteiger partial charge in [0.1, 0.15) is 18.6 Å². The zero-order valence-electron chi connectivity index (χ0n) is 12.1. The maximum atomic E-state index is 10.3. The molecule has 0 aliphatic carbocycles. The first-order valence-electron chi connectivity index (χ1n) is 6.59. The molecule has 20 heavy (non-hydrogen) atoms. The van der Waals surface area contributed by atoms with Crippen molar-refractivity contribution in [3.8, 4) is 5.75 Å². The lowest BCUT2D eigenvalue weighted by atomic mass is 9.95. The predicted molar refractivity (Wildman–Crippen MR) is 78.8 cm³/mol. The number of hydrogen-bond acceptors (Lipinski definition) is 3. The molecule has 0 amide bonds. The average molecular weight is 272 g/mol. The summed E-state index contributed by atoms with van der Waals surface area (Å²) in [4.78, 5) is 0. The summed E-state index contributed by atoms with van der Waals surface area (Å²) in [6.07, 6.45) is -0.336. The molecule has 0 bridgehead atoms. The molecule has 0 radical (unpaired) electrons.